The average molecular weight is 276 g/mol. The molecule has 1 N–H and O–H groups in total. The van der Waals surface area contributed by atoms with Crippen LogP contribution in [0.4, 0.5) is 10.5 Å². The Morgan fingerprint density at radius 2 is 2.10 bits per heavy atom. The van der Waals surface area contributed by atoms with E-state index < -0.39 is 5.60 Å². The van der Waals surface area contributed by atoms with Gasteiger partial charge in [-0.3, -0.25) is 0 Å². The molecule has 4 nitrogen and oxygen atoms in total. The molecule has 1 aliphatic rings. The van der Waals surface area contributed by atoms with E-state index in [1.165, 1.54) is 11.3 Å². The van der Waals surface area contributed by atoms with Crippen molar-refractivity contribution in [2.24, 2.45) is 0 Å². The number of carbonyl (C=O) groups is 1. The van der Waals surface area contributed by atoms with Crippen LogP contribution in [0.3, 0.4) is 0 Å². The molecule has 20 heavy (non-hydrogen) atoms. The summed E-state index contributed by atoms with van der Waals surface area (Å²) < 4.78 is 5.34. The summed E-state index contributed by atoms with van der Waals surface area (Å²) in [5, 5.41) is 2.99. The summed E-state index contributed by atoms with van der Waals surface area (Å²) in [6.45, 7) is 9.71. The van der Waals surface area contributed by atoms with Crippen LogP contribution in [-0.4, -0.2) is 24.8 Å². The number of ether oxygens (including phenoxy) is 1. The third kappa shape index (κ3) is 3.44. The van der Waals surface area contributed by atoms with Gasteiger partial charge in [0, 0.05) is 18.8 Å². The topological polar surface area (TPSA) is 41.6 Å². The van der Waals surface area contributed by atoms with Gasteiger partial charge in [0.2, 0.25) is 0 Å². The predicted octanol–water partition coefficient (Wildman–Crippen LogP) is 3.48. The van der Waals surface area contributed by atoms with E-state index in [0.29, 0.717) is 0 Å². The molecule has 2 rings (SSSR count). The maximum Gasteiger partial charge on any atom is 0.408 e. The van der Waals surface area contributed by atoms with Crippen molar-refractivity contribution in [2.75, 3.05) is 18.0 Å². The number of fused-ring (bicyclic) bond motifs is 1. The van der Waals surface area contributed by atoms with Gasteiger partial charge in [0.05, 0.1) is 6.04 Å². The average Bonchev–Trinajstić information content (AvgIpc) is 2.37. The number of hydrogen-bond acceptors (Lipinski definition) is 3. The van der Waals surface area contributed by atoms with E-state index in [-0.39, 0.29) is 12.1 Å². The molecule has 0 aromatic heterocycles. The van der Waals surface area contributed by atoms with E-state index in [4.69, 9.17) is 4.74 Å². The molecule has 1 aromatic carbocycles. The fourth-order valence-electron chi connectivity index (χ4n) is 2.56. The summed E-state index contributed by atoms with van der Waals surface area (Å²) in [6.07, 6.45) is 0.562. The Labute approximate surface area is 121 Å². The maximum atomic E-state index is 11.9. The summed E-state index contributed by atoms with van der Waals surface area (Å²) in [7, 11) is 0. The van der Waals surface area contributed by atoms with Gasteiger partial charge < -0.3 is 15.0 Å². The van der Waals surface area contributed by atoms with Crippen molar-refractivity contribution >= 4 is 11.8 Å². The maximum absolute atomic E-state index is 11.9. The molecule has 1 heterocycles. The first-order valence-electron chi connectivity index (χ1n) is 7.24. The van der Waals surface area contributed by atoms with E-state index in [0.717, 1.165) is 19.5 Å². The third-order valence-corrected chi connectivity index (χ3v) is 3.41. The fourth-order valence-corrected chi connectivity index (χ4v) is 2.56. The van der Waals surface area contributed by atoms with Crippen molar-refractivity contribution in [3.05, 3.63) is 29.8 Å². The fraction of sp³-hybridized carbons (Fsp3) is 0.562. The lowest BCUT2D eigenvalue weighted by atomic mass is 9.96. The van der Waals surface area contributed by atoms with Gasteiger partial charge in [-0.1, -0.05) is 18.2 Å². The molecule has 1 atom stereocenters. The molecule has 4 heteroatoms. The highest BCUT2D eigenvalue weighted by Gasteiger charge is 2.26. The van der Waals surface area contributed by atoms with E-state index in [1.54, 1.807) is 0 Å². The molecule has 0 fully saturated rings. The summed E-state index contributed by atoms with van der Waals surface area (Å²) in [5.74, 6) is 0. The van der Waals surface area contributed by atoms with Crippen LogP contribution in [0.1, 0.15) is 45.7 Å². The van der Waals surface area contributed by atoms with Gasteiger partial charge in [0.25, 0.3) is 0 Å². The minimum absolute atomic E-state index is 0.0313. The zero-order valence-corrected chi connectivity index (χ0v) is 12.8. The largest absolute Gasteiger partial charge is 0.444 e. The minimum atomic E-state index is -0.465. The monoisotopic (exact) mass is 276 g/mol. The number of nitrogens with zero attached hydrogens (tertiary/aromatic N) is 1. The van der Waals surface area contributed by atoms with Gasteiger partial charge in [0.1, 0.15) is 5.60 Å². The molecule has 0 spiro atoms. The number of hydrogen-bond donors (Lipinski definition) is 1. The molecule has 110 valence electrons. The highest BCUT2D eigenvalue weighted by atomic mass is 16.6. The molecular weight excluding hydrogens is 252 g/mol. The summed E-state index contributed by atoms with van der Waals surface area (Å²) in [4.78, 5) is 14.3. The molecular formula is C16H24N2O2. The highest BCUT2D eigenvalue weighted by Crippen LogP contribution is 2.33. The van der Waals surface area contributed by atoms with Crippen molar-refractivity contribution in [2.45, 2.75) is 45.8 Å². The Balaban J connectivity index is 2.12. The van der Waals surface area contributed by atoms with Crippen molar-refractivity contribution in [3.63, 3.8) is 0 Å². The van der Waals surface area contributed by atoms with Gasteiger partial charge in [-0.15, -0.1) is 0 Å². The number of para-hydroxylation sites is 1. The highest BCUT2D eigenvalue weighted by molar-refractivity contribution is 5.69. The van der Waals surface area contributed by atoms with Gasteiger partial charge in [-0.2, -0.15) is 0 Å². The summed E-state index contributed by atoms with van der Waals surface area (Å²) in [5.41, 5.74) is 1.92. The quantitative estimate of drug-likeness (QED) is 0.899. The Hall–Kier alpha value is -1.71. The zero-order chi connectivity index (χ0) is 14.8. The molecule has 0 radical (unpaired) electrons. The second-order valence-corrected chi connectivity index (χ2v) is 6.13. The van der Waals surface area contributed by atoms with Crippen LogP contribution in [0, 0.1) is 0 Å². The van der Waals surface area contributed by atoms with E-state index in [2.05, 4.69) is 29.3 Å². The van der Waals surface area contributed by atoms with Crippen LogP contribution in [0.25, 0.3) is 0 Å². The molecule has 1 aliphatic heterocycles. The Morgan fingerprint density at radius 3 is 2.75 bits per heavy atom. The predicted molar refractivity (Wildman–Crippen MR) is 81.1 cm³/mol. The van der Waals surface area contributed by atoms with Crippen LogP contribution in [0.2, 0.25) is 0 Å². The normalized spacial score (nSPS) is 18.4. The van der Waals surface area contributed by atoms with Crippen LogP contribution >= 0.6 is 0 Å². The number of rotatable bonds is 2. The van der Waals surface area contributed by atoms with E-state index >= 15 is 0 Å². The smallest absolute Gasteiger partial charge is 0.408 e. The lowest BCUT2D eigenvalue weighted by molar-refractivity contribution is 0.0500. The first-order valence-corrected chi connectivity index (χ1v) is 7.24. The third-order valence-electron chi connectivity index (χ3n) is 3.41. The van der Waals surface area contributed by atoms with Gasteiger partial charge in [0.15, 0.2) is 0 Å². The van der Waals surface area contributed by atoms with Crippen molar-refractivity contribution < 1.29 is 9.53 Å². The number of nitrogens with one attached hydrogen (secondary N) is 1. The molecule has 0 aliphatic carbocycles. The van der Waals surface area contributed by atoms with Crippen molar-refractivity contribution in [3.8, 4) is 0 Å². The van der Waals surface area contributed by atoms with Crippen LogP contribution < -0.4 is 10.2 Å². The summed E-state index contributed by atoms with van der Waals surface area (Å²) in [6, 6.07) is 8.28. The van der Waals surface area contributed by atoms with Crippen LogP contribution in [-0.2, 0) is 4.74 Å². The molecule has 1 unspecified atom stereocenters. The van der Waals surface area contributed by atoms with Crippen molar-refractivity contribution in [1.82, 2.24) is 5.32 Å². The van der Waals surface area contributed by atoms with Crippen molar-refractivity contribution in [1.29, 1.82) is 0 Å². The number of carbonyl (C=O) groups excluding carboxylic acids is 1. The number of anilines is 1. The molecule has 0 saturated carbocycles. The number of alkyl carbamates (subject to hydrolysis) is 1. The standard InChI is InChI=1S/C16H24N2O2/c1-5-18-11-10-13(12-8-6-7-9-14(12)18)17-15(19)20-16(2,3)4/h6-9,13H,5,10-11H2,1-4H3,(H,17,19). The molecule has 1 aromatic rings. The second kappa shape index (κ2) is 5.73. The van der Waals surface area contributed by atoms with E-state index in [9.17, 15) is 4.79 Å². The first kappa shape index (κ1) is 14.7. The minimum Gasteiger partial charge on any atom is -0.444 e. The Kier molecular flexibility index (Phi) is 4.21. The van der Waals surface area contributed by atoms with E-state index in [1.807, 2.05) is 32.9 Å². The number of amides is 1. The zero-order valence-electron chi connectivity index (χ0n) is 12.8. The Bertz CT molecular complexity index is 480. The Morgan fingerprint density at radius 1 is 1.40 bits per heavy atom. The lowest BCUT2D eigenvalue weighted by Gasteiger charge is -2.35. The van der Waals surface area contributed by atoms with Gasteiger partial charge in [-0.05, 0) is 45.7 Å². The SMILES string of the molecule is CCN1CCC(NC(=O)OC(C)(C)C)c2ccccc21. The second-order valence-electron chi connectivity index (χ2n) is 6.13. The summed E-state index contributed by atoms with van der Waals surface area (Å²) >= 11 is 0. The van der Waals surface area contributed by atoms with Crippen LogP contribution in [0.15, 0.2) is 24.3 Å². The lowest BCUT2D eigenvalue weighted by Crippen LogP contribution is -2.40. The van der Waals surface area contributed by atoms with Gasteiger partial charge in [-0.25, -0.2) is 4.79 Å². The molecule has 0 bridgehead atoms. The first-order chi connectivity index (χ1) is 9.40. The molecule has 0 saturated heterocycles. The molecule has 1 amide bonds. The van der Waals surface area contributed by atoms with Gasteiger partial charge >= 0.3 is 6.09 Å². The number of benzene rings is 1. The van der Waals surface area contributed by atoms with Crippen LogP contribution in [0.5, 0.6) is 0 Å².